The molecule has 3 aliphatic rings. The van der Waals surface area contributed by atoms with Crippen LogP contribution in [0.5, 0.6) is 0 Å². The maximum Gasteiger partial charge on any atom is -0.000709 e. The molecule has 3 fully saturated rings. The summed E-state index contributed by atoms with van der Waals surface area (Å²) >= 11 is 2.24. The molecular weight excluding hydrogens is 214 g/mol. The van der Waals surface area contributed by atoms with Crippen LogP contribution < -0.4 is 5.32 Å². The Morgan fingerprint density at radius 1 is 1.06 bits per heavy atom. The zero-order chi connectivity index (χ0) is 10.8. The van der Waals surface area contributed by atoms with Gasteiger partial charge in [-0.1, -0.05) is 25.7 Å². The van der Waals surface area contributed by atoms with E-state index in [2.05, 4.69) is 17.1 Å². The molecule has 3 rings (SSSR count). The van der Waals surface area contributed by atoms with Gasteiger partial charge < -0.3 is 5.32 Å². The molecule has 1 nitrogen and oxygen atoms in total. The Labute approximate surface area is 104 Å². The summed E-state index contributed by atoms with van der Waals surface area (Å²) in [7, 11) is 0. The van der Waals surface area contributed by atoms with E-state index in [1.165, 1.54) is 69.5 Å². The predicted octanol–water partition coefficient (Wildman–Crippen LogP) is 3.30. The normalized spacial score (nSPS) is 41.6. The van der Waals surface area contributed by atoms with Crippen LogP contribution in [0, 0.1) is 17.3 Å². The van der Waals surface area contributed by atoms with Gasteiger partial charge in [0.05, 0.1) is 0 Å². The molecule has 2 unspecified atom stereocenters. The smallest absolute Gasteiger partial charge is 0.000709 e. The average molecular weight is 239 g/mol. The van der Waals surface area contributed by atoms with Crippen molar-refractivity contribution in [2.45, 2.75) is 44.9 Å². The second-order valence-electron chi connectivity index (χ2n) is 6.12. The van der Waals surface area contributed by atoms with Gasteiger partial charge in [-0.2, -0.15) is 11.8 Å². The molecule has 1 saturated carbocycles. The molecular formula is C14H25NS. The highest BCUT2D eigenvalue weighted by Gasteiger charge is 2.45. The lowest BCUT2D eigenvalue weighted by molar-refractivity contribution is 0.0709. The van der Waals surface area contributed by atoms with Crippen LogP contribution in [0.2, 0.25) is 0 Å². The minimum absolute atomic E-state index is 0.739. The Morgan fingerprint density at radius 2 is 1.94 bits per heavy atom. The van der Waals surface area contributed by atoms with Gasteiger partial charge in [-0.15, -0.1) is 0 Å². The van der Waals surface area contributed by atoms with Crippen LogP contribution in [0.3, 0.4) is 0 Å². The van der Waals surface area contributed by atoms with E-state index in [4.69, 9.17) is 0 Å². The minimum atomic E-state index is 0.739. The highest BCUT2D eigenvalue weighted by molar-refractivity contribution is 7.99. The Bertz CT molecular complexity index is 221. The van der Waals surface area contributed by atoms with Gasteiger partial charge in [-0.25, -0.2) is 0 Å². The van der Waals surface area contributed by atoms with Gasteiger partial charge in [-0.3, -0.25) is 0 Å². The zero-order valence-electron chi connectivity index (χ0n) is 10.3. The molecule has 92 valence electrons. The van der Waals surface area contributed by atoms with Crippen LogP contribution >= 0.6 is 11.8 Å². The number of hydrogen-bond donors (Lipinski definition) is 1. The van der Waals surface area contributed by atoms with Crippen molar-refractivity contribution in [3.63, 3.8) is 0 Å². The molecule has 16 heavy (non-hydrogen) atoms. The lowest BCUT2D eigenvalue weighted by Crippen LogP contribution is -2.50. The number of nitrogens with one attached hydrogen (secondary N) is 1. The summed E-state index contributed by atoms with van der Waals surface area (Å²) in [5, 5.41) is 3.67. The summed E-state index contributed by atoms with van der Waals surface area (Å²) in [6.07, 6.45) is 10.5. The maximum absolute atomic E-state index is 3.67. The Hall–Kier alpha value is 0.310. The summed E-state index contributed by atoms with van der Waals surface area (Å²) < 4.78 is 0. The second kappa shape index (κ2) is 4.89. The van der Waals surface area contributed by atoms with E-state index in [0.717, 1.165) is 17.3 Å². The Balaban J connectivity index is 1.76. The third-order valence-electron chi connectivity index (χ3n) is 5.27. The zero-order valence-corrected chi connectivity index (χ0v) is 11.2. The van der Waals surface area contributed by atoms with Gasteiger partial charge in [0.25, 0.3) is 0 Å². The van der Waals surface area contributed by atoms with Crippen LogP contribution in [0.1, 0.15) is 44.9 Å². The third kappa shape index (κ3) is 2.03. The number of piperidine rings is 1. The fourth-order valence-corrected chi connectivity index (χ4v) is 5.79. The summed E-state index contributed by atoms with van der Waals surface area (Å²) in [5.74, 6) is 4.96. The molecule has 1 N–H and O–H groups in total. The van der Waals surface area contributed by atoms with Crippen molar-refractivity contribution in [2.24, 2.45) is 17.3 Å². The van der Waals surface area contributed by atoms with Crippen LogP contribution in [0.4, 0.5) is 0 Å². The molecule has 0 bridgehead atoms. The SMILES string of the molecule is C1CCC(C2CNCCC23CCCSC3)C1. The topological polar surface area (TPSA) is 12.0 Å². The fraction of sp³-hybridized carbons (Fsp3) is 1.00. The van der Waals surface area contributed by atoms with Crippen molar-refractivity contribution in [3.8, 4) is 0 Å². The van der Waals surface area contributed by atoms with Gasteiger partial charge in [0.1, 0.15) is 0 Å². The summed E-state index contributed by atoms with van der Waals surface area (Å²) in [6.45, 7) is 2.61. The Morgan fingerprint density at radius 3 is 2.69 bits per heavy atom. The van der Waals surface area contributed by atoms with E-state index in [1.54, 1.807) is 0 Å². The van der Waals surface area contributed by atoms with Crippen LogP contribution in [0.25, 0.3) is 0 Å². The van der Waals surface area contributed by atoms with E-state index < -0.39 is 0 Å². The van der Waals surface area contributed by atoms with E-state index in [9.17, 15) is 0 Å². The lowest BCUT2D eigenvalue weighted by Gasteiger charge is -2.49. The molecule has 1 aliphatic carbocycles. The quantitative estimate of drug-likeness (QED) is 0.753. The molecule has 0 aromatic rings. The van der Waals surface area contributed by atoms with Crippen LogP contribution in [-0.4, -0.2) is 24.6 Å². The minimum Gasteiger partial charge on any atom is -0.316 e. The first-order valence-electron chi connectivity index (χ1n) is 7.19. The van der Waals surface area contributed by atoms with E-state index in [1.807, 2.05) is 0 Å². The predicted molar refractivity (Wildman–Crippen MR) is 71.9 cm³/mol. The monoisotopic (exact) mass is 239 g/mol. The molecule has 2 heterocycles. The fourth-order valence-electron chi connectivity index (χ4n) is 4.39. The molecule has 2 aliphatic heterocycles. The second-order valence-corrected chi connectivity index (χ2v) is 7.23. The molecule has 0 aromatic heterocycles. The highest BCUT2D eigenvalue weighted by atomic mass is 32.2. The van der Waals surface area contributed by atoms with E-state index in [-0.39, 0.29) is 0 Å². The van der Waals surface area contributed by atoms with Crippen LogP contribution in [-0.2, 0) is 0 Å². The first-order chi connectivity index (χ1) is 7.91. The van der Waals surface area contributed by atoms with Gasteiger partial charge in [0, 0.05) is 0 Å². The number of hydrogen-bond acceptors (Lipinski definition) is 2. The van der Waals surface area contributed by atoms with E-state index >= 15 is 0 Å². The molecule has 2 atom stereocenters. The number of rotatable bonds is 1. The van der Waals surface area contributed by atoms with Crippen molar-refractivity contribution in [3.05, 3.63) is 0 Å². The van der Waals surface area contributed by atoms with Crippen molar-refractivity contribution < 1.29 is 0 Å². The van der Waals surface area contributed by atoms with Gasteiger partial charge >= 0.3 is 0 Å². The summed E-state index contributed by atoms with van der Waals surface area (Å²) in [5.41, 5.74) is 0.739. The first kappa shape index (κ1) is 11.4. The van der Waals surface area contributed by atoms with Crippen molar-refractivity contribution in [1.82, 2.24) is 5.32 Å². The summed E-state index contributed by atoms with van der Waals surface area (Å²) in [6, 6.07) is 0. The number of thioether (sulfide) groups is 1. The van der Waals surface area contributed by atoms with Crippen molar-refractivity contribution in [1.29, 1.82) is 0 Å². The van der Waals surface area contributed by atoms with E-state index in [0.29, 0.717) is 0 Å². The molecule has 2 saturated heterocycles. The van der Waals surface area contributed by atoms with Gasteiger partial charge in [0.2, 0.25) is 0 Å². The molecule has 2 heteroatoms. The van der Waals surface area contributed by atoms with Crippen LogP contribution in [0.15, 0.2) is 0 Å². The van der Waals surface area contributed by atoms with Crippen molar-refractivity contribution >= 4 is 11.8 Å². The molecule has 1 spiro atoms. The summed E-state index contributed by atoms with van der Waals surface area (Å²) in [4.78, 5) is 0. The lowest BCUT2D eigenvalue weighted by atomic mass is 9.64. The average Bonchev–Trinajstić information content (AvgIpc) is 2.84. The van der Waals surface area contributed by atoms with Gasteiger partial charge in [-0.05, 0) is 61.1 Å². The molecule has 0 radical (unpaired) electrons. The third-order valence-corrected chi connectivity index (χ3v) is 6.63. The maximum atomic E-state index is 3.67. The first-order valence-corrected chi connectivity index (χ1v) is 8.35. The standard InChI is InChI=1S/C14H25NS/c1-2-5-12(4-1)13-10-15-8-7-14(13)6-3-9-16-11-14/h12-13,15H,1-11H2. The largest absolute Gasteiger partial charge is 0.316 e. The van der Waals surface area contributed by atoms with Gasteiger partial charge in [0.15, 0.2) is 0 Å². The van der Waals surface area contributed by atoms with Crippen molar-refractivity contribution in [2.75, 3.05) is 24.6 Å². The molecule has 0 amide bonds. The molecule has 0 aromatic carbocycles. The Kier molecular flexibility index (Phi) is 3.49. The highest BCUT2D eigenvalue weighted by Crippen LogP contribution is 2.50.